The van der Waals surface area contributed by atoms with Crippen LogP contribution in [0.5, 0.6) is 5.75 Å². The van der Waals surface area contributed by atoms with Crippen LogP contribution in [0.4, 0.5) is 0 Å². The number of halogens is 1. The standard InChI is InChI=1S/C18H15BrN2O2/c1-21(11-12-4-6-14(19)7-5-12)18(23)15-10-16-13(9-17(15)22)3-2-8-20-16/h2-10,22H,11H2,1H3. The topological polar surface area (TPSA) is 53.4 Å². The van der Waals surface area contributed by atoms with Crippen LogP contribution < -0.4 is 0 Å². The summed E-state index contributed by atoms with van der Waals surface area (Å²) in [5.74, 6) is -0.267. The van der Waals surface area contributed by atoms with Gasteiger partial charge in [-0.05, 0) is 35.9 Å². The van der Waals surface area contributed by atoms with Crippen molar-refractivity contribution in [1.29, 1.82) is 0 Å². The zero-order valence-electron chi connectivity index (χ0n) is 12.5. The molecule has 1 N–H and O–H groups in total. The van der Waals surface area contributed by atoms with Crippen molar-refractivity contribution in [2.24, 2.45) is 0 Å². The summed E-state index contributed by atoms with van der Waals surface area (Å²) in [6.45, 7) is 0.464. The quantitative estimate of drug-likeness (QED) is 0.758. The number of rotatable bonds is 3. The van der Waals surface area contributed by atoms with Crippen LogP contribution in [0.1, 0.15) is 15.9 Å². The molecule has 0 bridgehead atoms. The molecular weight excluding hydrogens is 356 g/mol. The third kappa shape index (κ3) is 3.35. The third-order valence-electron chi connectivity index (χ3n) is 3.63. The monoisotopic (exact) mass is 370 g/mol. The average Bonchev–Trinajstić information content (AvgIpc) is 2.55. The summed E-state index contributed by atoms with van der Waals surface area (Å²) in [5, 5.41) is 11.0. The van der Waals surface area contributed by atoms with Crippen molar-refractivity contribution in [3.8, 4) is 5.75 Å². The van der Waals surface area contributed by atoms with Gasteiger partial charge >= 0.3 is 0 Å². The second-order valence-electron chi connectivity index (χ2n) is 5.35. The summed E-state index contributed by atoms with van der Waals surface area (Å²) >= 11 is 3.39. The van der Waals surface area contributed by atoms with E-state index < -0.39 is 0 Å². The lowest BCUT2D eigenvalue weighted by molar-refractivity contribution is 0.0782. The first-order chi connectivity index (χ1) is 11.0. The molecule has 0 aliphatic carbocycles. The van der Waals surface area contributed by atoms with Gasteiger partial charge in [0, 0.05) is 29.6 Å². The van der Waals surface area contributed by atoms with Crippen LogP contribution in [0.3, 0.4) is 0 Å². The van der Waals surface area contributed by atoms with Crippen LogP contribution in [0.2, 0.25) is 0 Å². The number of carbonyl (C=O) groups excluding carboxylic acids is 1. The van der Waals surface area contributed by atoms with Gasteiger partial charge in [-0.25, -0.2) is 0 Å². The van der Waals surface area contributed by atoms with E-state index in [9.17, 15) is 9.90 Å². The number of phenolic OH excluding ortho intramolecular Hbond substituents is 1. The lowest BCUT2D eigenvalue weighted by atomic mass is 10.1. The third-order valence-corrected chi connectivity index (χ3v) is 4.16. The molecule has 0 unspecified atom stereocenters. The van der Waals surface area contributed by atoms with Crippen molar-refractivity contribution in [2.75, 3.05) is 7.05 Å². The maximum Gasteiger partial charge on any atom is 0.257 e. The van der Waals surface area contributed by atoms with Gasteiger partial charge in [0.05, 0.1) is 11.1 Å². The van der Waals surface area contributed by atoms with E-state index in [4.69, 9.17) is 0 Å². The lowest BCUT2D eigenvalue weighted by Crippen LogP contribution is -2.26. The van der Waals surface area contributed by atoms with Gasteiger partial charge in [-0.3, -0.25) is 9.78 Å². The van der Waals surface area contributed by atoms with Crippen LogP contribution in [0, 0.1) is 0 Å². The smallest absolute Gasteiger partial charge is 0.257 e. The Morgan fingerprint density at radius 1 is 1.22 bits per heavy atom. The van der Waals surface area contributed by atoms with Crippen molar-refractivity contribution in [3.05, 3.63) is 70.3 Å². The predicted octanol–water partition coefficient (Wildman–Crippen LogP) is 3.98. The lowest BCUT2D eigenvalue weighted by Gasteiger charge is -2.18. The summed E-state index contributed by atoms with van der Waals surface area (Å²) < 4.78 is 0.994. The molecule has 3 aromatic rings. The highest BCUT2D eigenvalue weighted by molar-refractivity contribution is 9.10. The Kier molecular flexibility index (Phi) is 4.30. The fourth-order valence-electron chi connectivity index (χ4n) is 2.42. The maximum atomic E-state index is 12.6. The van der Waals surface area contributed by atoms with Gasteiger partial charge in [-0.2, -0.15) is 0 Å². The van der Waals surface area contributed by atoms with Crippen molar-refractivity contribution >= 4 is 32.7 Å². The Morgan fingerprint density at radius 2 is 1.96 bits per heavy atom. The van der Waals surface area contributed by atoms with Gasteiger partial charge in [0.25, 0.3) is 5.91 Å². The molecule has 5 heteroatoms. The fraction of sp³-hybridized carbons (Fsp3) is 0.111. The molecular formula is C18H15BrN2O2. The highest BCUT2D eigenvalue weighted by Gasteiger charge is 2.17. The Hall–Kier alpha value is -2.40. The van der Waals surface area contributed by atoms with E-state index in [1.807, 2.05) is 30.3 Å². The largest absolute Gasteiger partial charge is 0.507 e. The molecule has 0 spiro atoms. The van der Waals surface area contributed by atoms with E-state index in [2.05, 4.69) is 20.9 Å². The molecule has 0 aliphatic rings. The zero-order valence-corrected chi connectivity index (χ0v) is 14.1. The summed E-state index contributed by atoms with van der Waals surface area (Å²) in [6, 6.07) is 14.6. The number of pyridine rings is 1. The second-order valence-corrected chi connectivity index (χ2v) is 6.27. The van der Waals surface area contributed by atoms with Crippen LogP contribution in [-0.2, 0) is 6.54 Å². The number of nitrogens with zero attached hydrogens (tertiary/aromatic N) is 2. The summed E-state index contributed by atoms with van der Waals surface area (Å²) in [4.78, 5) is 18.4. The number of carbonyl (C=O) groups is 1. The minimum absolute atomic E-state index is 0.0295. The van der Waals surface area contributed by atoms with Crippen LogP contribution in [0.25, 0.3) is 10.9 Å². The summed E-state index contributed by atoms with van der Waals surface area (Å²) in [7, 11) is 1.71. The van der Waals surface area contributed by atoms with E-state index in [1.165, 1.54) is 0 Å². The highest BCUT2D eigenvalue weighted by atomic mass is 79.9. The van der Waals surface area contributed by atoms with Gasteiger partial charge < -0.3 is 10.0 Å². The van der Waals surface area contributed by atoms with Gasteiger partial charge in [0.1, 0.15) is 5.75 Å². The molecule has 4 nitrogen and oxygen atoms in total. The number of hydrogen-bond donors (Lipinski definition) is 1. The van der Waals surface area contributed by atoms with Gasteiger partial charge in [-0.1, -0.05) is 34.1 Å². The van der Waals surface area contributed by atoms with Gasteiger partial charge in [-0.15, -0.1) is 0 Å². The molecule has 1 aromatic heterocycles. The molecule has 1 heterocycles. The number of fused-ring (bicyclic) bond motifs is 1. The van der Waals surface area contributed by atoms with Crippen LogP contribution in [0.15, 0.2) is 59.2 Å². The number of benzene rings is 2. The average molecular weight is 371 g/mol. The Morgan fingerprint density at radius 3 is 2.70 bits per heavy atom. The van der Waals surface area contributed by atoms with Crippen molar-refractivity contribution < 1.29 is 9.90 Å². The van der Waals surface area contributed by atoms with Crippen LogP contribution in [-0.4, -0.2) is 27.9 Å². The second kappa shape index (κ2) is 6.38. The maximum absolute atomic E-state index is 12.6. The molecule has 0 atom stereocenters. The SMILES string of the molecule is CN(Cc1ccc(Br)cc1)C(=O)c1cc2ncccc2cc1O. The van der Waals surface area contributed by atoms with E-state index in [0.29, 0.717) is 12.1 Å². The molecule has 1 amide bonds. The first-order valence-electron chi connectivity index (χ1n) is 7.12. The molecule has 3 rings (SSSR count). The van der Waals surface area contributed by atoms with E-state index >= 15 is 0 Å². The number of amides is 1. The van der Waals surface area contributed by atoms with Crippen molar-refractivity contribution in [3.63, 3.8) is 0 Å². The zero-order chi connectivity index (χ0) is 16.4. The van der Waals surface area contributed by atoms with E-state index in [0.717, 1.165) is 15.4 Å². The molecule has 0 fully saturated rings. The minimum Gasteiger partial charge on any atom is -0.507 e. The number of aromatic nitrogens is 1. The molecule has 0 saturated carbocycles. The number of phenols is 1. The summed E-state index contributed by atoms with van der Waals surface area (Å²) in [6.07, 6.45) is 1.67. The number of aromatic hydroxyl groups is 1. The van der Waals surface area contributed by atoms with Crippen LogP contribution >= 0.6 is 15.9 Å². The normalized spacial score (nSPS) is 10.7. The van der Waals surface area contributed by atoms with E-state index in [1.54, 1.807) is 36.3 Å². The first kappa shape index (κ1) is 15.5. The van der Waals surface area contributed by atoms with Gasteiger partial charge in [0.2, 0.25) is 0 Å². The molecule has 0 aliphatic heterocycles. The predicted molar refractivity (Wildman–Crippen MR) is 93.3 cm³/mol. The Balaban J connectivity index is 1.87. The van der Waals surface area contributed by atoms with Gasteiger partial charge in [0.15, 0.2) is 0 Å². The number of hydrogen-bond acceptors (Lipinski definition) is 3. The summed E-state index contributed by atoms with van der Waals surface area (Å²) in [5.41, 5.74) is 1.96. The van der Waals surface area contributed by atoms with Crippen molar-refractivity contribution in [1.82, 2.24) is 9.88 Å². The molecule has 0 saturated heterocycles. The Labute approximate surface area is 142 Å². The first-order valence-corrected chi connectivity index (χ1v) is 7.91. The molecule has 0 radical (unpaired) electrons. The molecule has 2 aromatic carbocycles. The highest BCUT2D eigenvalue weighted by Crippen LogP contribution is 2.25. The van der Waals surface area contributed by atoms with E-state index in [-0.39, 0.29) is 17.2 Å². The Bertz CT molecular complexity index is 863. The van der Waals surface area contributed by atoms with Crippen molar-refractivity contribution in [2.45, 2.75) is 6.54 Å². The minimum atomic E-state index is -0.238. The molecule has 116 valence electrons. The molecule has 23 heavy (non-hydrogen) atoms. The fourth-order valence-corrected chi connectivity index (χ4v) is 2.69.